The van der Waals surface area contributed by atoms with E-state index in [0.717, 1.165) is 11.1 Å². The van der Waals surface area contributed by atoms with Crippen molar-refractivity contribution < 1.29 is 33.3 Å². The Bertz CT molecular complexity index is 930. The lowest BCUT2D eigenvalue weighted by molar-refractivity contribution is -0.171. The fraction of sp³-hybridized carbons (Fsp3) is 0.481. The highest BCUT2D eigenvalue weighted by molar-refractivity contribution is 5.81. The van der Waals surface area contributed by atoms with Gasteiger partial charge in [-0.3, -0.25) is 0 Å². The molecule has 3 rings (SSSR count). The van der Waals surface area contributed by atoms with Gasteiger partial charge in [-0.2, -0.15) is 0 Å². The molecule has 2 aromatic carbocycles. The zero-order valence-electron chi connectivity index (χ0n) is 20.8. The van der Waals surface area contributed by atoms with Crippen LogP contribution in [0.4, 0.5) is 4.79 Å². The van der Waals surface area contributed by atoms with E-state index in [1.54, 1.807) is 27.7 Å². The van der Waals surface area contributed by atoms with Crippen LogP contribution in [0.3, 0.4) is 0 Å². The molecule has 35 heavy (non-hydrogen) atoms. The van der Waals surface area contributed by atoms with Gasteiger partial charge in [0.15, 0.2) is 6.04 Å². The lowest BCUT2D eigenvalue weighted by atomic mass is 10.1. The molecule has 1 unspecified atom stereocenters. The Morgan fingerprint density at radius 3 is 2.09 bits per heavy atom. The van der Waals surface area contributed by atoms with Crippen LogP contribution in [0.25, 0.3) is 0 Å². The molecule has 0 aliphatic carbocycles. The van der Waals surface area contributed by atoms with Crippen molar-refractivity contribution in [1.82, 2.24) is 5.32 Å². The second kappa shape index (κ2) is 12.7. The Balaban J connectivity index is 1.72. The van der Waals surface area contributed by atoms with Crippen LogP contribution in [0.15, 0.2) is 60.7 Å². The van der Waals surface area contributed by atoms with E-state index < -0.39 is 42.0 Å². The van der Waals surface area contributed by atoms with Gasteiger partial charge >= 0.3 is 12.1 Å². The predicted molar refractivity (Wildman–Crippen MR) is 130 cm³/mol. The minimum absolute atomic E-state index is 0.0819. The van der Waals surface area contributed by atoms with E-state index in [1.807, 2.05) is 60.7 Å². The summed E-state index contributed by atoms with van der Waals surface area (Å²) in [5.41, 5.74) is 1.29. The summed E-state index contributed by atoms with van der Waals surface area (Å²) in [5, 5.41) is 2.54. The number of benzene rings is 2. The number of alkyl carbamates (subject to hydrolysis) is 1. The first-order chi connectivity index (χ1) is 16.7. The van der Waals surface area contributed by atoms with Gasteiger partial charge in [-0.25, -0.2) is 9.59 Å². The van der Waals surface area contributed by atoms with Gasteiger partial charge in [0.2, 0.25) is 0 Å². The Morgan fingerprint density at radius 2 is 1.51 bits per heavy atom. The molecule has 1 N–H and O–H groups in total. The third kappa shape index (κ3) is 8.98. The van der Waals surface area contributed by atoms with Crippen molar-refractivity contribution in [3.63, 3.8) is 0 Å². The first kappa shape index (κ1) is 26.7. The molecule has 1 aliphatic rings. The Morgan fingerprint density at radius 1 is 0.943 bits per heavy atom. The number of cyclic esters (lactones) is 1. The summed E-state index contributed by atoms with van der Waals surface area (Å²) in [5.74, 6) is -0.625. The normalized spacial score (nSPS) is 23.4. The van der Waals surface area contributed by atoms with Gasteiger partial charge in [-0.1, -0.05) is 60.7 Å². The topological polar surface area (TPSA) is 92.3 Å². The number of hydrogen-bond donors (Lipinski definition) is 1. The third-order valence-corrected chi connectivity index (χ3v) is 5.27. The number of amides is 1. The summed E-state index contributed by atoms with van der Waals surface area (Å²) in [6.07, 6.45) is -2.48. The van der Waals surface area contributed by atoms with E-state index in [4.69, 9.17) is 23.7 Å². The molecule has 0 bridgehead atoms. The smallest absolute Gasteiger partial charge is 0.408 e. The monoisotopic (exact) mass is 485 g/mol. The Labute approximate surface area is 206 Å². The first-order valence-electron chi connectivity index (χ1n) is 11.8. The second-order valence-electron chi connectivity index (χ2n) is 9.47. The lowest BCUT2D eigenvalue weighted by Gasteiger charge is -2.30. The van der Waals surface area contributed by atoms with Crippen LogP contribution in [-0.4, -0.2) is 55.2 Å². The minimum Gasteiger partial charge on any atom is -0.458 e. The molecule has 1 aliphatic heterocycles. The molecule has 1 amide bonds. The number of ether oxygens (including phenoxy) is 5. The molecule has 1 saturated heterocycles. The molecule has 0 radical (unpaired) electrons. The van der Waals surface area contributed by atoms with Crippen LogP contribution >= 0.6 is 0 Å². The van der Waals surface area contributed by atoms with E-state index in [-0.39, 0.29) is 13.2 Å². The molecule has 1 fully saturated rings. The molecule has 0 aromatic heterocycles. The fourth-order valence-corrected chi connectivity index (χ4v) is 3.58. The highest BCUT2D eigenvalue weighted by Crippen LogP contribution is 2.20. The average Bonchev–Trinajstić information content (AvgIpc) is 2.85. The van der Waals surface area contributed by atoms with Gasteiger partial charge in [0, 0.05) is 0 Å². The standard InChI is InChI=1S/C27H35NO7/c1-19-24(33-16-21-13-9-6-10-14-21)23(32-15-20-11-7-5-8-12-20)18-31-17-22(25(29)34-19)28-26(30)35-27(2,3)4/h5-14,19,22-24H,15-18H2,1-4H3,(H,28,30)/t19-,22?,23+,24+/m0/s1. The highest BCUT2D eigenvalue weighted by Gasteiger charge is 2.36. The van der Waals surface area contributed by atoms with Gasteiger partial charge < -0.3 is 29.0 Å². The summed E-state index contributed by atoms with van der Waals surface area (Å²) >= 11 is 0. The summed E-state index contributed by atoms with van der Waals surface area (Å²) in [7, 11) is 0. The van der Waals surface area contributed by atoms with E-state index in [0.29, 0.717) is 13.2 Å². The molecule has 4 atom stereocenters. The van der Waals surface area contributed by atoms with Crippen LogP contribution in [0.5, 0.6) is 0 Å². The molecule has 0 spiro atoms. The predicted octanol–water partition coefficient (Wildman–Crippen LogP) is 4.01. The van der Waals surface area contributed by atoms with Crippen molar-refractivity contribution in [2.24, 2.45) is 0 Å². The Kier molecular flexibility index (Phi) is 9.65. The van der Waals surface area contributed by atoms with E-state index in [9.17, 15) is 9.59 Å². The number of carbonyl (C=O) groups excluding carboxylic acids is 2. The van der Waals surface area contributed by atoms with Crippen LogP contribution in [0, 0.1) is 0 Å². The van der Waals surface area contributed by atoms with E-state index in [2.05, 4.69) is 5.32 Å². The number of rotatable bonds is 7. The molecular formula is C27H35NO7. The van der Waals surface area contributed by atoms with Crippen molar-refractivity contribution in [3.8, 4) is 0 Å². The second-order valence-corrected chi connectivity index (χ2v) is 9.47. The van der Waals surface area contributed by atoms with Crippen LogP contribution < -0.4 is 5.32 Å². The maximum atomic E-state index is 12.9. The SMILES string of the molecule is C[C@@H]1OC(=O)C(NC(=O)OC(C)(C)C)COC[C@@H](OCc2ccccc2)[C@@H]1OCc1ccccc1. The van der Waals surface area contributed by atoms with Crippen LogP contribution in [0.1, 0.15) is 38.8 Å². The van der Waals surface area contributed by atoms with Crippen molar-refractivity contribution in [1.29, 1.82) is 0 Å². The Hall–Kier alpha value is -2.94. The molecule has 190 valence electrons. The lowest BCUT2D eigenvalue weighted by Crippen LogP contribution is -2.48. The fourth-order valence-electron chi connectivity index (χ4n) is 3.58. The highest BCUT2D eigenvalue weighted by atomic mass is 16.6. The number of carbonyl (C=O) groups is 2. The number of nitrogens with one attached hydrogen (secondary N) is 1. The average molecular weight is 486 g/mol. The van der Waals surface area contributed by atoms with Crippen molar-refractivity contribution in [2.75, 3.05) is 13.2 Å². The quantitative estimate of drug-likeness (QED) is 0.593. The van der Waals surface area contributed by atoms with Gasteiger partial charge in [0.1, 0.15) is 23.9 Å². The molecule has 1 heterocycles. The molecule has 0 saturated carbocycles. The number of esters is 1. The van der Waals surface area contributed by atoms with Crippen LogP contribution in [-0.2, 0) is 41.7 Å². The molecule has 8 nitrogen and oxygen atoms in total. The van der Waals surface area contributed by atoms with Crippen molar-refractivity contribution in [3.05, 3.63) is 71.8 Å². The van der Waals surface area contributed by atoms with Crippen LogP contribution in [0.2, 0.25) is 0 Å². The third-order valence-electron chi connectivity index (χ3n) is 5.27. The van der Waals surface area contributed by atoms with Gasteiger partial charge in [0.05, 0.1) is 26.4 Å². The van der Waals surface area contributed by atoms with Crippen molar-refractivity contribution in [2.45, 2.75) is 70.9 Å². The largest absolute Gasteiger partial charge is 0.458 e. The van der Waals surface area contributed by atoms with E-state index in [1.165, 1.54) is 0 Å². The van der Waals surface area contributed by atoms with E-state index >= 15 is 0 Å². The zero-order valence-corrected chi connectivity index (χ0v) is 20.8. The maximum absolute atomic E-state index is 12.9. The summed E-state index contributed by atoms with van der Waals surface area (Å²) in [6, 6.07) is 18.5. The molecule has 8 heteroatoms. The van der Waals surface area contributed by atoms with Gasteiger partial charge in [0.25, 0.3) is 0 Å². The molecule has 2 aromatic rings. The first-order valence-corrected chi connectivity index (χ1v) is 11.8. The molecular weight excluding hydrogens is 450 g/mol. The number of hydrogen-bond acceptors (Lipinski definition) is 7. The minimum atomic E-state index is -1.02. The van der Waals surface area contributed by atoms with Gasteiger partial charge in [-0.15, -0.1) is 0 Å². The maximum Gasteiger partial charge on any atom is 0.408 e. The summed E-state index contributed by atoms with van der Waals surface area (Å²) in [6.45, 7) is 7.73. The van der Waals surface area contributed by atoms with Crippen molar-refractivity contribution >= 4 is 12.1 Å². The summed E-state index contributed by atoms with van der Waals surface area (Å²) < 4.78 is 29.2. The zero-order chi connectivity index (χ0) is 25.3. The van der Waals surface area contributed by atoms with Gasteiger partial charge in [-0.05, 0) is 38.8 Å². The summed E-state index contributed by atoms with van der Waals surface area (Å²) in [4.78, 5) is 25.1.